The van der Waals surface area contributed by atoms with Gasteiger partial charge >= 0.3 is 0 Å². The number of nitrogens with zero attached hydrogens (tertiary/aromatic N) is 4. The van der Waals surface area contributed by atoms with Gasteiger partial charge < -0.3 is 20.7 Å². The maximum atomic E-state index is 13.3. The molecule has 1 saturated heterocycles. The summed E-state index contributed by atoms with van der Waals surface area (Å²) in [6.07, 6.45) is 6.54. The Morgan fingerprint density at radius 3 is 2.54 bits per heavy atom. The fourth-order valence-electron chi connectivity index (χ4n) is 5.29. The van der Waals surface area contributed by atoms with Crippen LogP contribution in [0.25, 0.3) is 10.6 Å². The van der Waals surface area contributed by atoms with E-state index in [2.05, 4.69) is 15.2 Å². The third-order valence-electron chi connectivity index (χ3n) is 7.28. The molecule has 3 N–H and O–H groups in total. The number of amides is 2. The van der Waals surface area contributed by atoms with Crippen molar-refractivity contribution >= 4 is 45.3 Å². The highest BCUT2D eigenvalue weighted by molar-refractivity contribution is 7.18. The molecule has 2 aliphatic rings. The Morgan fingerprint density at radius 1 is 1.10 bits per heavy atom. The molecular weight excluding hydrogens is 532 g/mol. The van der Waals surface area contributed by atoms with Crippen LogP contribution in [-0.2, 0) is 0 Å². The molecule has 0 radical (unpaired) electrons. The van der Waals surface area contributed by atoms with E-state index in [1.165, 1.54) is 54.8 Å². The minimum absolute atomic E-state index is 0.00460. The number of benzene rings is 1. The van der Waals surface area contributed by atoms with Gasteiger partial charge in [0.2, 0.25) is 5.91 Å². The van der Waals surface area contributed by atoms with Gasteiger partial charge in [0, 0.05) is 43.2 Å². The zero-order chi connectivity index (χ0) is 27.5. The van der Waals surface area contributed by atoms with E-state index in [1.54, 1.807) is 18.2 Å². The molecule has 0 bridgehead atoms. The molecule has 0 unspecified atom stereocenters. The second kappa shape index (κ2) is 12.0. The molecule has 3 heterocycles. The number of aromatic nitrogens is 2. The zero-order valence-electron chi connectivity index (χ0n) is 22.7. The van der Waals surface area contributed by atoms with Crippen molar-refractivity contribution in [1.82, 2.24) is 19.8 Å². The summed E-state index contributed by atoms with van der Waals surface area (Å²) in [5.41, 5.74) is 8.04. The number of hydrogen-bond acceptors (Lipinski definition) is 9. The zero-order valence-corrected chi connectivity index (χ0v) is 24.4. The lowest BCUT2D eigenvalue weighted by molar-refractivity contribution is 0.0523. The number of carbonyl (C=O) groups excluding carboxylic acids is 2. The molecule has 9 nitrogen and oxygen atoms in total. The van der Waals surface area contributed by atoms with E-state index in [4.69, 9.17) is 15.5 Å². The second-order valence-corrected chi connectivity index (χ2v) is 12.3. The van der Waals surface area contributed by atoms with E-state index >= 15 is 0 Å². The largest absolute Gasteiger partial charge is 0.489 e. The van der Waals surface area contributed by atoms with Crippen molar-refractivity contribution in [3.63, 3.8) is 0 Å². The highest BCUT2D eigenvalue weighted by Gasteiger charge is 2.29. The third-order valence-corrected chi connectivity index (χ3v) is 9.20. The lowest BCUT2D eigenvalue weighted by Crippen LogP contribution is -2.52. The number of rotatable bonds is 8. The Kier molecular flexibility index (Phi) is 8.49. The van der Waals surface area contributed by atoms with Crippen molar-refractivity contribution in [2.75, 3.05) is 31.5 Å². The van der Waals surface area contributed by atoms with E-state index in [0.717, 1.165) is 42.4 Å². The minimum Gasteiger partial charge on any atom is -0.489 e. The van der Waals surface area contributed by atoms with Crippen molar-refractivity contribution in [3.8, 4) is 16.3 Å². The first kappa shape index (κ1) is 27.5. The van der Waals surface area contributed by atoms with Crippen LogP contribution in [0.5, 0.6) is 5.75 Å². The normalized spacial score (nSPS) is 17.0. The van der Waals surface area contributed by atoms with Crippen LogP contribution in [-0.4, -0.2) is 69.9 Å². The van der Waals surface area contributed by atoms with Gasteiger partial charge in [-0.15, -0.1) is 22.7 Å². The number of piperazine rings is 1. The molecular formula is C28H36N6O3S2. The van der Waals surface area contributed by atoms with Gasteiger partial charge in [0.15, 0.2) is 10.1 Å². The minimum atomic E-state index is -0.512. The van der Waals surface area contributed by atoms with Gasteiger partial charge in [-0.25, -0.2) is 9.97 Å². The maximum Gasteiger partial charge on any atom is 0.282 e. The first-order valence-electron chi connectivity index (χ1n) is 13.6. The first-order chi connectivity index (χ1) is 18.8. The molecule has 3 aromatic rings. The fourth-order valence-corrected chi connectivity index (χ4v) is 7.07. The molecule has 1 aliphatic carbocycles. The first-order valence-corrected chi connectivity index (χ1v) is 15.3. The molecule has 1 aromatic carbocycles. The van der Waals surface area contributed by atoms with Gasteiger partial charge in [-0.05, 0) is 51.8 Å². The van der Waals surface area contributed by atoms with Crippen LogP contribution in [0.15, 0.2) is 23.6 Å². The van der Waals surface area contributed by atoms with Crippen LogP contribution in [0.2, 0.25) is 0 Å². The van der Waals surface area contributed by atoms with Gasteiger partial charge in [0.05, 0.1) is 28.1 Å². The molecule has 0 spiro atoms. The van der Waals surface area contributed by atoms with Crippen molar-refractivity contribution < 1.29 is 14.3 Å². The van der Waals surface area contributed by atoms with Crippen molar-refractivity contribution in [2.24, 2.45) is 5.73 Å². The molecule has 208 valence electrons. The molecule has 1 aliphatic heterocycles. The number of nitrogens with one attached hydrogen (secondary N) is 1. The Balaban J connectivity index is 1.27. The summed E-state index contributed by atoms with van der Waals surface area (Å²) in [5.74, 6) is 0.101. The number of aryl methyl sites for hydroxylation is 1. The summed E-state index contributed by atoms with van der Waals surface area (Å²) in [6.45, 7) is 9.17. The van der Waals surface area contributed by atoms with E-state index in [1.807, 2.05) is 31.1 Å². The van der Waals surface area contributed by atoms with Crippen LogP contribution in [0.3, 0.4) is 0 Å². The van der Waals surface area contributed by atoms with Gasteiger partial charge in [-0.2, -0.15) is 0 Å². The number of nitrogens with two attached hydrogens (primary N) is 1. The molecule has 5 rings (SSSR count). The van der Waals surface area contributed by atoms with E-state index in [-0.39, 0.29) is 12.0 Å². The van der Waals surface area contributed by atoms with Crippen molar-refractivity contribution in [2.45, 2.75) is 65.0 Å². The highest BCUT2D eigenvalue weighted by Crippen LogP contribution is 2.36. The molecule has 1 saturated carbocycles. The Bertz CT molecular complexity index is 1320. The topological polar surface area (TPSA) is 114 Å². The molecule has 2 fully saturated rings. The van der Waals surface area contributed by atoms with Crippen molar-refractivity contribution in [3.05, 3.63) is 39.8 Å². The monoisotopic (exact) mass is 568 g/mol. The molecule has 39 heavy (non-hydrogen) atoms. The quantitative estimate of drug-likeness (QED) is 0.379. The standard InChI is InChI=1S/C28H36N6O3S2/c1-17(2)37-23-10-9-19(25(29)35)15-21(23)31-28-32-22(16-38-28)24-18(3)30-26(39-24)27(36)34-13-11-33(12-14-34)20-7-5-4-6-8-20/h9-10,15-17,20H,4-8,11-14H2,1-3H3,(H2,29,35)(H,31,32). The van der Waals surface area contributed by atoms with Crippen LogP contribution in [0.4, 0.5) is 10.8 Å². The predicted octanol–water partition coefficient (Wildman–Crippen LogP) is 5.30. The van der Waals surface area contributed by atoms with Gasteiger partial charge in [0.25, 0.3) is 5.91 Å². The van der Waals surface area contributed by atoms with Crippen molar-refractivity contribution in [1.29, 1.82) is 0 Å². The average Bonchev–Trinajstić information content (AvgIpc) is 3.55. The smallest absolute Gasteiger partial charge is 0.282 e. The third kappa shape index (κ3) is 6.42. The number of ether oxygens (including phenoxy) is 1. The lowest BCUT2D eigenvalue weighted by atomic mass is 9.94. The van der Waals surface area contributed by atoms with E-state index in [0.29, 0.717) is 33.2 Å². The van der Waals surface area contributed by atoms with E-state index in [9.17, 15) is 9.59 Å². The molecule has 2 amide bonds. The Morgan fingerprint density at radius 2 is 1.85 bits per heavy atom. The highest BCUT2D eigenvalue weighted by atomic mass is 32.1. The summed E-state index contributed by atoms with van der Waals surface area (Å²) in [7, 11) is 0. The fraction of sp³-hybridized carbons (Fsp3) is 0.500. The van der Waals surface area contributed by atoms with E-state index < -0.39 is 5.91 Å². The van der Waals surface area contributed by atoms with Crippen LogP contribution in [0.1, 0.15) is 71.8 Å². The molecule has 2 aromatic heterocycles. The summed E-state index contributed by atoms with van der Waals surface area (Å²) in [4.78, 5) is 39.8. The van der Waals surface area contributed by atoms with Crippen LogP contribution in [0, 0.1) is 6.92 Å². The van der Waals surface area contributed by atoms with Gasteiger partial charge in [-0.1, -0.05) is 19.3 Å². The summed E-state index contributed by atoms with van der Waals surface area (Å²) in [5, 5.41) is 6.37. The number of anilines is 2. The summed E-state index contributed by atoms with van der Waals surface area (Å²) < 4.78 is 5.90. The predicted molar refractivity (Wildman–Crippen MR) is 156 cm³/mol. The number of carbonyl (C=O) groups is 2. The second-order valence-electron chi connectivity index (χ2n) is 10.5. The Labute approximate surface area is 237 Å². The summed E-state index contributed by atoms with van der Waals surface area (Å²) >= 11 is 2.83. The number of primary amides is 1. The van der Waals surface area contributed by atoms with Gasteiger partial charge in [0.1, 0.15) is 5.75 Å². The van der Waals surface area contributed by atoms with Crippen LogP contribution < -0.4 is 15.8 Å². The molecule has 0 atom stereocenters. The summed E-state index contributed by atoms with van der Waals surface area (Å²) in [6, 6.07) is 5.73. The van der Waals surface area contributed by atoms with Gasteiger partial charge in [-0.3, -0.25) is 14.5 Å². The van der Waals surface area contributed by atoms with Crippen LogP contribution >= 0.6 is 22.7 Å². The number of thiazole rings is 2. The maximum absolute atomic E-state index is 13.3. The molecule has 11 heteroatoms. The SMILES string of the molecule is Cc1nc(C(=O)N2CCN(C3CCCCC3)CC2)sc1-c1csc(Nc2cc(C(N)=O)ccc2OC(C)C)n1. The Hall–Kier alpha value is -3.02. The lowest BCUT2D eigenvalue weighted by Gasteiger charge is -2.40. The average molecular weight is 569 g/mol. The number of hydrogen-bond donors (Lipinski definition) is 2.